The molecule has 0 bridgehead atoms. The summed E-state index contributed by atoms with van der Waals surface area (Å²) < 4.78 is 4.91. The SMILES string of the molecule is CCOC(=O)c1ccc(N/C=C(/C#N)C(=O)NCCCN2CCCC2=O)cc1. The lowest BCUT2D eigenvalue weighted by atomic mass is 10.2. The standard InChI is InChI=1S/C20H24N4O4/c1-2-28-20(27)15-6-8-17(9-7-15)23-14-16(13-21)19(26)22-10-4-12-24-11-3-5-18(24)25/h6-9,14,23H,2-5,10-12H2,1H3,(H,22,26)/b16-14-. The summed E-state index contributed by atoms with van der Waals surface area (Å²) >= 11 is 0. The lowest BCUT2D eigenvalue weighted by Gasteiger charge is -2.15. The molecule has 1 aliphatic rings. The van der Waals surface area contributed by atoms with Crippen molar-refractivity contribution >= 4 is 23.5 Å². The van der Waals surface area contributed by atoms with Crippen LogP contribution in [0.15, 0.2) is 36.0 Å². The molecule has 28 heavy (non-hydrogen) atoms. The van der Waals surface area contributed by atoms with Gasteiger partial charge in [0.25, 0.3) is 5.91 Å². The number of anilines is 1. The fraction of sp³-hybridized carbons (Fsp3) is 0.400. The Morgan fingerprint density at radius 1 is 1.32 bits per heavy atom. The minimum absolute atomic E-state index is 0.0632. The van der Waals surface area contributed by atoms with Crippen LogP contribution in [-0.4, -0.2) is 48.9 Å². The third-order valence-electron chi connectivity index (χ3n) is 4.21. The summed E-state index contributed by atoms with van der Waals surface area (Å²) in [5.41, 5.74) is 0.985. The minimum Gasteiger partial charge on any atom is -0.462 e. The summed E-state index contributed by atoms with van der Waals surface area (Å²) in [6.07, 6.45) is 3.44. The third kappa shape index (κ3) is 6.13. The summed E-state index contributed by atoms with van der Waals surface area (Å²) in [5.74, 6) is -0.731. The van der Waals surface area contributed by atoms with E-state index in [0.29, 0.717) is 43.8 Å². The molecule has 1 aromatic rings. The monoisotopic (exact) mass is 384 g/mol. The van der Waals surface area contributed by atoms with Crippen LogP contribution in [0.5, 0.6) is 0 Å². The maximum absolute atomic E-state index is 12.1. The number of hydrogen-bond donors (Lipinski definition) is 2. The molecule has 0 aromatic heterocycles. The van der Waals surface area contributed by atoms with Crippen LogP contribution in [0.25, 0.3) is 0 Å². The van der Waals surface area contributed by atoms with E-state index in [0.717, 1.165) is 13.0 Å². The topological polar surface area (TPSA) is 112 Å². The zero-order valence-electron chi connectivity index (χ0n) is 15.9. The quantitative estimate of drug-likeness (QED) is 0.291. The molecule has 2 N–H and O–H groups in total. The van der Waals surface area contributed by atoms with Crippen LogP contribution in [-0.2, 0) is 14.3 Å². The molecular weight excluding hydrogens is 360 g/mol. The third-order valence-corrected chi connectivity index (χ3v) is 4.21. The number of amides is 2. The summed E-state index contributed by atoms with van der Waals surface area (Å²) in [4.78, 5) is 37.0. The number of ether oxygens (including phenoxy) is 1. The van der Waals surface area contributed by atoms with E-state index in [4.69, 9.17) is 4.74 Å². The second-order valence-electron chi connectivity index (χ2n) is 6.21. The van der Waals surface area contributed by atoms with Crippen LogP contribution in [0, 0.1) is 11.3 Å². The highest BCUT2D eigenvalue weighted by atomic mass is 16.5. The van der Waals surface area contributed by atoms with Gasteiger partial charge < -0.3 is 20.3 Å². The van der Waals surface area contributed by atoms with Gasteiger partial charge in [0, 0.05) is 37.9 Å². The first-order valence-corrected chi connectivity index (χ1v) is 9.25. The molecule has 0 radical (unpaired) electrons. The van der Waals surface area contributed by atoms with E-state index in [1.54, 1.807) is 36.1 Å². The van der Waals surface area contributed by atoms with Crippen LogP contribution in [0.2, 0.25) is 0 Å². The number of hydrogen-bond acceptors (Lipinski definition) is 6. The normalized spacial score (nSPS) is 13.8. The first-order chi connectivity index (χ1) is 13.5. The van der Waals surface area contributed by atoms with Gasteiger partial charge in [0.05, 0.1) is 12.2 Å². The zero-order chi connectivity index (χ0) is 20.4. The number of nitriles is 1. The van der Waals surface area contributed by atoms with Gasteiger partial charge in [-0.2, -0.15) is 5.26 Å². The smallest absolute Gasteiger partial charge is 0.338 e. The molecule has 1 aliphatic heterocycles. The molecule has 0 spiro atoms. The number of nitrogens with one attached hydrogen (secondary N) is 2. The number of benzene rings is 1. The van der Waals surface area contributed by atoms with Gasteiger partial charge in [-0.25, -0.2) is 4.79 Å². The lowest BCUT2D eigenvalue weighted by molar-refractivity contribution is -0.127. The summed E-state index contributed by atoms with van der Waals surface area (Å²) in [7, 11) is 0. The Morgan fingerprint density at radius 3 is 2.68 bits per heavy atom. The highest BCUT2D eigenvalue weighted by Crippen LogP contribution is 2.11. The fourth-order valence-electron chi connectivity index (χ4n) is 2.73. The molecule has 8 nitrogen and oxygen atoms in total. The number of rotatable bonds is 9. The predicted octanol–water partition coefficient (Wildman–Crippen LogP) is 1.81. The molecular formula is C20H24N4O4. The number of carbonyl (C=O) groups excluding carboxylic acids is 3. The molecule has 1 aromatic carbocycles. The van der Waals surface area contributed by atoms with E-state index in [-0.39, 0.29) is 11.5 Å². The highest BCUT2D eigenvalue weighted by Gasteiger charge is 2.19. The first-order valence-electron chi connectivity index (χ1n) is 9.25. The van der Waals surface area contributed by atoms with E-state index in [9.17, 15) is 19.6 Å². The van der Waals surface area contributed by atoms with E-state index in [2.05, 4.69) is 10.6 Å². The van der Waals surface area contributed by atoms with Crippen molar-refractivity contribution in [2.45, 2.75) is 26.2 Å². The van der Waals surface area contributed by atoms with Crippen molar-refractivity contribution in [2.75, 3.05) is 31.6 Å². The highest BCUT2D eigenvalue weighted by molar-refractivity contribution is 5.97. The van der Waals surface area contributed by atoms with Crippen LogP contribution in [0.1, 0.15) is 36.5 Å². The Balaban J connectivity index is 1.80. The number of esters is 1. The molecule has 0 aliphatic carbocycles. The second-order valence-corrected chi connectivity index (χ2v) is 6.21. The number of likely N-dealkylation sites (tertiary alicyclic amines) is 1. The number of carbonyl (C=O) groups is 3. The van der Waals surface area contributed by atoms with Crippen molar-refractivity contribution in [3.63, 3.8) is 0 Å². The Kier molecular flexibility index (Phi) is 8.03. The molecule has 0 saturated carbocycles. The molecule has 148 valence electrons. The van der Waals surface area contributed by atoms with Crippen molar-refractivity contribution in [2.24, 2.45) is 0 Å². The van der Waals surface area contributed by atoms with E-state index in [1.807, 2.05) is 6.07 Å². The summed E-state index contributed by atoms with van der Waals surface area (Å²) in [6, 6.07) is 8.36. The van der Waals surface area contributed by atoms with Gasteiger partial charge in [0.15, 0.2) is 0 Å². The lowest BCUT2D eigenvalue weighted by Crippen LogP contribution is -2.31. The maximum Gasteiger partial charge on any atom is 0.338 e. The van der Waals surface area contributed by atoms with E-state index in [1.165, 1.54) is 6.20 Å². The average Bonchev–Trinajstić information content (AvgIpc) is 3.11. The van der Waals surface area contributed by atoms with Crippen molar-refractivity contribution in [3.8, 4) is 6.07 Å². The average molecular weight is 384 g/mol. The second kappa shape index (κ2) is 10.7. The van der Waals surface area contributed by atoms with Crippen molar-refractivity contribution < 1.29 is 19.1 Å². The molecule has 2 rings (SSSR count). The van der Waals surface area contributed by atoms with Gasteiger partial charge in [-0.1, -0.05) is 0 Å². The van der Waals surface area contributed by atoms with Gasteiger partial charge in [-0.3, -0.25) is 9.59 Å². The summed E-state index contributed by atoms with van der Waals surface area (Å²) in [5, 5.41) is 14.7. The van der Waals surface area contributed by atoms with E-state index < -0.39 is 11.9 Å². The first kappa shape index (κ1) is 21.0. The Hall–Kier alpha value is -3.34. The van der Waals surface area contributed by atoms with Gasteiger partial charge in [0.2, 0.25) is 5.91 Å². The molecule has 0 atom stereocenters. The molecule has 1 fully saturated rings. The molecule has 0 unspecified atom stereocenters. The van der Waals surface area contributed by atoms with Crippen molar-refractivity contribution in [1.29, 1.82) is 5.26 Å². The van der Waals surface area contributed by atoms with E-state index >= 15 is 0 Å². The largest absolute Gasteiger partial charge is 0.462 e. The van der Waals surface area contributed by atoms with Crippen LogP contribution in [0.4, 0.5) is 5.69 Å². The minimum atomic E-state index is -0.481. The predicted molar refractivity (Wildman–Crippen MR) is 103 cm³/mol. The Labute approximate surface area is 164 Å². The van der Waals surface area contributed by atoms with Crippen molar-refractivity contribution in [3.05, 3.63) is 41.6 Å². The summed E-state index contributed by atoms with van der Waals surface area (Å²) in [6.45, 7) is 3.80. The molecule has 2 amide bonds. The zero-order valence-corrected chi connectivity index (χ0v) is 15.9. The van der Waals surface area contributed by atoms with Crippen molar-refractivity contribution in [1.82, 2.24) is 10.2 Å². The van der Waals surface area contributed by atoms with Gasteiger partial charge in [-0.05, 0) is 44.0 Å². The van der Waals surface area contributed by atoms with Gasteiger partial charge >= 0.3 is 5.97 Å². The maximum atomic E-state index is 12.1. The van der Waals surface area contributed by atoms with Crippen LogP contribution < -0.4 is 10.6 Å². The Morgan fingerprint density at radius 2 is 2.07 bits per heavy atom. The number of nitrogens with zero attached hydrogens (tertiary/aromatic N) is 2. The van der Waals surface area contributed by atoms with Gasteiger partial charge in [-0.15, -0.1) is 0 Å². The fourth-order valence-corrected chi connectivity index (χ4v) is 2.73. The Bertz CT molecular complexity index is 780. The molecule has 1 saturated heterocycles. The van der Waals surface area contributed by atoms with Crippen LogP contribution >= 0.6 is 0 Å². The molecule has 8 heteroatoms. The van der Waals surface area contributed by atoms with Crippen LogP contribution in [0.3, 0.4) is 0 Å². The van der Waals surface area contributed by atoms with Gasteiger partial charge in [0.1, 0.15) is 11.6 Å². The molecule has 1 heterocycles.